The molecule has 1 N–H and O–H groups in total. The van der Waals surface area contributed by atoms with Gasteiger partial charge in [-0.05, 0) is 5.92 Å². The number of carbonyl (C=O) groups is 1. The zero-order valence-electron chi connectivity index (χ0n) is 4.47. The van der Waals surface area contributed by atoms with Crippen molar-refractivity contribution >= 4 is 17.6 Å². The topological polar surface area (TPSA) is 37.3 Å². The first-order valence-electron chi connectivity index (χ1n) is 2.51. The zero-order chi connectivity index (χ0) is 6.31. The number of carboxylic acids is 1. The number of carboxylic acid groups (broad SMARTS) is 1. The molecule has 46 valence electrons. The number of halogens is 1. The van der Waals surface area contributed by atoms with E-state index in [4.69, 9.17) is 16.7 Å². The average molecular weight is 135 g/mol. The smallest absolute Gasteiger partial charge is 0.308 e. The molecule has 0 radical (unpaired) electrons. The molecule has 0 bridgehead atoms. The Morgan fingerprint density at radius 2 is 2.12 bits per heavy atom. The summed E-state index contributed by atoms with van der Waals surface area (Å²) in [4.78, 5) is 10.1. The molecule has 2 nitrogen and oxygen atoms in total. The van der Waals surface area contributed by atoms with E-state index in [0.29, 0.717) is 0 Å². The van der Waals surface area contributed by atoms with E-state index in [0.717, 1.165) is 0 Å². The number of hydrogen-bond donors (Lipinski definition) is 1. The third-order valence-electron chi connectivity index (χ3n) is 1.56. The van der Waals surface area contributed by atoms with E-state index < -0.39 is 5.97 Å². The van der Waals surface area contributed by atoms with Gasteiger partial charge in [0.1, 0.15) is 0 Å². The van der Waals surface area contributed by atoms with E-state index in [1.165, 1.54) is 0 Å². The lowest BCUT2D eigenvalue weighted by atomic mass is 10.3. The minimum absolute atomic E-state index is 0.118. The molecule has 1 saturated carbocycles. The summed E-state index contributed by atoms with van der Waals surface area (Å²) in [5.41, 5.74) is 0. The predicted octanol–water partition coefficient (Wildman–Crippen LogP) is 0.944. The van der Waals surface area contributed by atoms with Gasteiger partial charge in [-0.1, -0.05) is 6.92 Å². The lowest BCUT2D eigenvalue weighted by molar-refractivity contribution is -0.138. The van der Waals surface area contributed by atoms with E-state index in [-0.39, 0.29) is 17.2 Å². The van der Waals surface area contributed by atoms with Gasteiger partial charge in [-0.15, -0.1) is 11.6 Å². The summed E-state index contributed by atoms with van der Waals surface area (Å²) < 4.78 is 0. The summed E-state index contributed by atoms with van der Waals surface area (Å²) in [6.45, 7) is 1.84. The maximum absolute atomic E-state index is 10.1. The molecule has 1 fully saturated rings. The van der Waals surface area contributed by atoms with Gasteiger partial charge < -0.3 is 5.11 Å². The Labute approximate surface area is 52.5 Å². The molecule has 0 unspecified atom stereocenters. The molecule has 8 heavy (non-hydrogen) atoms. The molecular weight excluding hydrogens is 128 g/mol. The fourth-order valence-electron chi connectivity index (χ4n) is 0.775. The second kappa shape index (κ2) is 1.62. The van der Waals surface area contributed by atoms with Crippen molar-refractivity contribution in [2.45, 2.75) is 12.3 Å². The van der Waals surface area contributed by atoms with E-state index in [1.807, 2.05) is 6.92 Å². The first-order valence-corrected chi connectivity index (χ1v) is 2.95. The van der Waals surface area contributed by atoms with Crippen LogP contribution in [0.1, 0.15) is 6.92 Å². The molecule has 1 rings (SSSR count). The second-order valence-corrected chi connectivity index (χ2v) is 2.67. The first kappa shape index (κ1) is 5.89. The molecule has 0 spiro atoms. The van der Waals surface area contributed by atoms with Crippen LogP contribution in [0.5, 0.6) is 0 Å². The Bertz CT molecular complexity index is 116. The van der Waals surface area contributed by atoms with Gasteiger partial charge in [0, 0.05) is 0 Å². The molecule has 1 aliphatic rings. The van der Waals surface area contributed by atoms with E-state index in [2.05, 4.69) is 0 Å². The van der Waals surface area contributed by atoms with Gasteiger partial charge in [0.15, 0.2) is 0 Å². The molecule has 3 atom stereocenters. The van der Waals surface area contributed by atoms with Crippen LogP contribution in [0.3, 0.4) is 0 Å². The van der Waals surface area contributed by atoms with Crippen molar-refractivity contribution in [1.29, 1.82) is 0 Å². The highest BCUT2D eigenvalue weighted by Crippen LogP contribution is 2.43. The summed E-state index contributed by atoms with van der Waals surface area (Å²) in [7, 11) is 0. The lowest BCUT2D eigenvalue weighted by Crippen LogP contribution is -1.99. The van der Waals surface area contributed by atoms with Crippen molar-refractivity contribution < 1.29 is 9.90 Å². The molecule has 0 heterocycles. The van der Waals surface area contributed by atoms with Crippen molar-refractivity contribution in [1.82, 2.24) is 0 Å². The number of alkyl halides is 1. The van der Waals surface area contributed by atoms with Crippen molar-refractivity contribution in [2.75, 3.05) is 0 Å². The number of rotatable bonds is 1. The number of aliphatic carboxylic acids is 1. The zero-order valence-corrected chi connectivity index (χ0v) is 5.22. The van der Waals surface area contributed by atoms with Crippen molar-refractivity contribution in [2.24, 2.45) is 11.8 Å². The molecule has 0 aromatic rings. The molecule has 0 amide bonds. The van der Waals surface area contributed by atoms with Gasteiger partial charge in [-0.25, -0.2) is 0 Å². The molecule has 0 saturated heterocycles. The monoisotopic (exact) mass is 134 g/mol. The van der Waals surface area contributed by atoms with Gasteiger partial charge in [0.2, 0.25) is 0 Å². The van der Waals surface area contributed by atoms with Crippen LogP contribution >= 0.6 is 11.6 Å². The van der Waals surface area contributed by atoms with E-state index >= 15 is 0 Å². The van der Waals surface area contributed by atoms with Crippen molar-refractivity contribution in [3.05, 3.63) is 0 Å². The van der Waals surface area contributed by atoms with Crippen LogP contribution in [0.4, 0.5) is 0 Å². The highest BCUT2D eigenvalue weighted by Gasteiger charge is 2.50. The SMILES string of the molecule is C[C@@H]1[C@H](Cl)[C@H]1C(=O)O. The van der Waals surface area contributed by atoms with Crippen molar-refractivity contribution in [3.63, 3.8) is 0 Å². The highest BCUT2D eigenvalue weighted by molar-refractivity contribution is 6.24. The fourth-order valence-corrected chi connectivity index (χ4v) is 1.19. The largest absolute Gasteiger partial charge is 0.481 e. The van der Waals surface area contributed by atoms with Gasteiger partial charge in [-0.2, -0.15) is 0 Å². The Hall–Kier alpha value is -0.240. The third kappa shape index (κ3) is 0.689. The third-order valence-corrected chi connectivity index (χ3v) is 2.23. The van der Waals surface area contributed by atoms with Gasteiger partial charge in [-0.3, -0.25) is 4.79 Å². The van der Waals surface area contributed by atoms with E-state index in [1.54, 1.807) is 0 Å². The van der Waals surface area contributed by atoms with Gasteiger partial charge >= 0.3 is 5.97 Å². The van der Waals surface area contributed by atoms with Crippen LogP contribution < -0.4 is 0 Å². The standard InChI is InChI=1S/C5H7ClO2/c1-2-3(4(2)6)5(7)8/h2-4H,1H3,(H,7,8)/t2-,3-,4-/m0/s1. The van der Waals surface area contributed by atoms with Crippen LogP contribution in [-0.4, -0.2) is 16.5 Å². The Morgan fingerprint density at radius 1 is 1.75 bits per heavy atom. The molecule has 0 aromatic carbocycles. The lowest BCUT2D eigenvalue weighted by Gasteiger charge is -1.80. The first-order chi connectivity index (χ1) is 3.64. The van der Waals surface area contributed by atoms with Crippen molar-refractivity contribution in [3.8, 4) is 0 Å². The quantitative estimate of drug-likeness (QED) is 0.542. The highest BCUT2D eigenvalue weighted by atomic mass is 35.5. The van der Waals surface area contributed by atoms with Crippen LogP contribution in [0.2, 0.25) is 0 Å². The maximum Gasteiger partial charge on any atom is 0.308 e. The minimum atomic E-state index is -0.766. The minimum Gasteiger partial charge on any atom is -0.481 e. The summed E-state index contributed by atoms with van der Waals surface area (Å²) in [6.07, 6.45) is 0. The molecule has 0 aliphatic heterocycles. The predicted molar refractivity (Wildman–Crippen MR) is 29.9 cm³/mol. The van der Waals surface area contributed by atoms with Crippen LogP contribution in [0, 0.1) is 11.8 Å². The Kier molecular flexibility index (Phi) is 1.19. The fraction of sp³-hybridized carbons (Fsp3) is 0.800. The number of hydrogen-bond acceptors (Lipinski definition) is 1. The van der Waals surface area contributed by atoms with Gasteiger partial charge in [0.05, 0.1) is 11.3 Å². The Morgan fingerprint density at radius 3 is 2.12 bits per heavy atom. The molecular formula is C5H7ClO2. The average Bonchev–Trinajstić information content (AvgIpc) is 2.15. The normalized spacial score (nSPS) is 44.0. The summed E-state index contributed by atoms with van der Waals surface area (Å²) >= 11 is 5.52. The van der Waals surface area contributed by atoms with Gasteiger partial charge in [0.25, 0.3) is 0 Å². The summed E-state index contributed by atoms with van der Waals surface area (Å²) in [6, 6.07) is 0. The van der Waals surface area contributed by atoms with Crippen LogP contribution in [-0.2, 0) is 4.79 Å². The summed E-state index contributed by atoms with van der Waals surface area (Å²) in [5.74, 6) is -0.872. The van der Waals surface area contributed by atoms with Crippen LogP contribution in [0.15, 0.2) is 0 Å². The van der Waals surface area contributed by atoms with Crippen LogP contribution in [0.25, 0.3) is 0 Å². The van der Waals surface area contributed by atoms with E-state index in [9.17, 15) is 4.79 Å². The summed E-state index contributed by atoms with van der Waals surface area (Å²) in [5, 5.41) is 8.19. The molecule has 0 aromatic heterocycles. The Balaban J connectivity index is 2.44. The molecule has 1 aliphatic carbocycles. The maximum atomic E-state index is 10.1. The second-order valence-electron chi connectivity index (χ2n) is 2.17. The molecule has 3 heteroatoms.